The minimum atomic E-state index is 0.120. The summed E-state index contributed by atoms with van der Waals surface area (Å²) < 4.78 is 0. The van der Waals surface area contributed by atoms with Gasteiger partial charge in [-0.15, -0.1) is 11.8 Å². The van der Waals surface area contributed by atoms with Gasteiger partial charge in [-0.05, 0) is 6.42 Å². The van der Waals surface area contributed by atoms with Gasteiger partial charge in [-0.25, -0.2) is 0 Å². The van der Waals surface area contributed by atoms with Crippen molar-refractivity contribution in [2.75, 3.05) is 5.75 Å². The lowest BCUT2D eigenvalue weighted by molar-refractivity contribution is -0.116. The third-order valence-electron chi connectivity index (χ3n) is 1.74. The number of aliphatic imine (C=N–C) groups is 1. The molecule has 1 unspecified atom stereocenters. The lowest BCUT2D eigenvalue weighted by atomic mass is 10.0. The Labute approximate surface area is 63.4 Å². The Morgan fingerprint density at radius 2 is 2.60 bits per heavy atom. The molecule has 0 radical (unpaired) electrons. The molecule has 10 heavy (non-hydrogen) atoms. The van der Waals surface area contributed by atoms with Crippen LogP contribution in [0.5, 0.6) is 0 Å². The molecular weight excluding hydrogens is 146 g/mol. The molecule has 2 nitrogen and oxygen atoms in total. The van der Waals surface area contributed by atoms with E-state index in [-0.39, 0.29) is 11.7 Å². The number of rotatable bonds is 0. The van der Waals surface area contributed by atoms with E-state index in [1.54, 1.807) is 24.0 Å². The molecule has 2 rings (SSSR count). The third kappa shape index (κ3) is 0.814. The highest BCUT2D eigenvalue weighted by molar-refractivity contribution is 8.14. The van der Waals surface area contributed by atoms with E-state index in [1.165, 1.54) is 0 Å². The largest absolute Gasteiger partial charge is 0.294 e. The third-order valence-corrected chi connectivity index (χ3v) is 2.86. The number of hydrogen-bond donors (Lipinski definition) is 0. The van der Waals surface area contributed by atoms with Gasteiger partial charge in [-0.3, -0.25) is 9.79 Å². The first-order valence-corrected chi connectivity index (χ1v) is 4.27. The van der Waals surface area contributed by atoms with Gasteiger partial charge in [-0.2, -0.15) is 0 Å². The van der Waals surface area contributed by atoms with Crippen LogP contribution < -0.4 is 0 Å². The molecule has 0 aromatic carbocycles. The molecule has 0 spiro atoms. The molecule has 0 saturated carbocycles. The van der Waals surface area contributed by atoms with Crippen molar-refractivity contribution in [1.82, 2.24) is 0 Å². The summed E-state index contributed by atoms with van der Waals surface area (Å²) in [5, 5.41) is 1.02. The standard InChI is InChI=1S/C7H7NOS/c9-6-1-3-8-7-5(6)2-4-10-7/h1,3,5H,2,4H2. The average molecular weight is 153 g/mol. The predicted octanol–water partition coefficient (Wildman–Crippen LogP) is 1.23. The van der Waals surface area contributed by atoms with E-state index >= 15 is 0 Å². The van der Waals surface area contributed by atoms with Crippen LogP contribution in [0.1, 0.15) is 6.42 Å². The summed E-state index contributed by atoms with van der Waals surface area (Å²) in [5.74, 6) is 1.40. The van der Waals surface area contributed by atoms with Crippen LogP contribution in [0.4, 0.5) is 0 Å². The van der Waals surface area contributed by atoms with E-state index in [4.69, 9.17) is 0 Å². The quantitative estimate of drug-likeness (QED) is 0.524. The van der Waals surface area contributed by atoms with Crippen molar-refractivity contribution in [2.24, 2.45) is 10.9 Å². The molecule has 1 saturated heterocycles. The Kier molecular flexibility index (Phi) is 1.38. The zero-order valence-corrected chi connectivity index (χ0v) is 6.23. The maximum atomic E-state index is 11.1. The van der Waals surface area contributed by atoms with Crippen molar-refractivity contribution in [3.8, 4) is 0 Å². The summed E-state index contributed by atoms with van der Waals surface area (Å²) in [7, 11) is 0. The zero-order chi connectivity index (χ0) is 6.97. The van der Waals surface area contributed by atoms with E-state index < -0.39 is 0 Å². The fourth-order valence-corrected chi connectivity index (χ4v) is 2.33. The highest BCUT2D eigenvalue weighted by atomic mass is 32.2. The molecule has 2 aliphatic heterocycles. The maximum Gasteiger partial charge on any atom is 0.166 e. The van der Waals surface area contributed by atoms with Crippen molar-refractivity contribution < 1.29 is 4.79 Å². The highest BCUT2D eigenvalue weighted by Crippen LogP contribution is 2.30. The van der Waals surface area contributed by atoms with E-state index in [0.717, 1.165) is 17.2 Å². The second kappa shape index (κ2) is 2.23. The van der Waals surface area contributed by atoms with Crippen molar-refractivity contribution in [3.63, 3.8) is 0 Å². The predicted molar refractivity (Wildman–Crippen MR) is 42.1 cm³/mol. The molecular formula is C7H7NOS. The Morgan fingerprint density at radius 3 is 3.40 bits per heavy atom. The van der Waals surface area contributed by atoms with Gasteiger partial charge < -0.3 is 0 Å². The van der Waals surface area contributed by atoms with Gasteiger partial charge in [0.15, 0.2) is 5.78 Å². The van der Waals surface area contributed by atoms with Crippen molar-refractivity contribution in [1.29, 1.82) is 0 Å². The molecule has 0 amide bonds. The Bertz CT molecular complexity index is 232. The lowest BCUT2D eigenvalue weighted by Crippen LogP contribution is -2.17. The van der Waals surface area contributed by atoms with Crippen LogP contribution >= 0.6 is 11.8 Å². The minimum Gasteiger partial charge on any atom is -0.294 e. The van der Waals surface area contributed by atoms with Gasteiger partial charge in [0, 0.05) is 18.0 Å². The Balaban J connectivity index is 2.33. The summed E-state index contributed by atoms with van der Waals surface area (Å²) in [6.07, 6.45) is 4.15. The van der Waals surface area contributed by atoms with E-state index in [2.05, 4.69) is 4.99 Å². The van der Waals surface area contributed by atoms with Gasteiger partial charge in [0.05, 0.1) is 11.0 Å². The van der Waals surface area contributed by atoms with Crippen molar-refractivity contribution in [3.05, 3.63) is 12.3 Å². The highest BCUT2D eigenvalue weighted by Gasteiger charge is 2.29. The Morgan fingerprint density at radius 1 is 1.70 bits per heavy atom. The summed E-state index contributed by atoms with van der Waals surface area (Å²) >= 11 is 1.71. The first-order valence-electron chi connectivity index (χ1n) is 3.29. The zero-order valence-electron chi connectivity index (χ0n) is 5.41. The normalized spacial score (nSPS) is 30.2. The molecule has 3 heteroatoms. The van der Waals surface area contributed by atoms with Crippen LogP contribution in [0.25, 0.3) is 0 Å². The fraction of sp³-hybridized carbons (Fsp3) is 0.429. The van der Waals surface area contributed by atoms with Crippen LogP contribution in [0.2, 0.25) is 0 Å². The smallest absolute Gasteiger partial charge is 0.166 e. The molecule has 1 fully saturated rings. The number of thioether (sulfide) groups is 1. The number of hydrogen-bond acceptors (Lipinski definition) is 3. The van der Waals surface area contributed by atoms with Gasteiger partial charge in [0.1, 0.15) is 0 Å². The molecule has 1 atom stereocenters. The van der Waals surface area contributed by atoms with Crippen LogP contribution in [0.15, 0.2) is 17.3 Å². The number of ketones is 1. The van der Waals surface area contributed by atoms with Crippen LogP contribution in [0, 0.1) is 5.92 Å². The fourth-order valence-electron chi connectivity index (χ4n) is 1.20. The van der Waals surface area contributed by atoms with Crippen molar-refractivity contribution in [2.45, 2.75) is 6.42 Å². The topological polar surface area (TPSA) is 29.4 Å². The molecule has 0 aromatic heterocycles. The minimum absolute atomic E-state index is 0.120. The number of allylic oxidation sites excluding steroid dienone is 1. The molecule has 2 aliphatic rings. The van der Waals surface area contributed by atoms with Crippen LogP contribution in [0.3, 0.4) is 0 Å². The first kappa shape index (κ1) is 6.16. The number of carbonyl (C=O) groups is 1. The monoisotopic (exact) mass is 153 g/mol. The second-order valence-electron chi connectivity index (χ2n) is 2.38. The first-order chi connectivity index (χ1) is 4.88. The summed E-state index contributed by atoms with van der Waals surface area (Å²) in [6.45, 7) is 0. The van der Waals surface area contributed by atoms with Gasteiger partial charge >= 0.3 is 0 Å². The molecule has 0 N–H and O–H groups in total. The summed E-state index contributed by atoms with van der Waals surface area (Å²) in [5.41, 5.74) is 0. The van der Waals surface area contributed by atoms with Gasteiger partial charge in [0.25, 0.3) is 0 Å². The van der Waals surface area contributed by atoms with Gasteiger partial charge in [0.2, 0.25) is 0 Å². The number of nitrogens with zero attached hydrogens (tertiary/aromatic N) is 1. The maximum absolute atomic E-state index is 11.1. The van der Waals surface area contributed by atoms with E-state index in [1.807, 2.05) is 0 Å². The number of carbonyl (C=O) groups excluding carboxylic acids is 1. The molecule has 0 aromatic rings. The molecule has 0 aliphatic carbocycles. The summed E-state index contributed by atoms with van der Waals surface area (Å²) in [4.78, 5) is 15.2. The van der Waals surface area contributed by atoms with Gasteiger partial charge in [-0.1, -0.05) is 0 Å². The van der Waals surface area contributed by atoms with E-state index in [0.29, 0.717) is 0 Å². The number of fused-ring (bicyclic) bond motifs is 1. The molecule has 0 bridgehead atoms. The second-order valence-corrected chi connectivity index (χ2v) is 3.49. The van der Waals surface area contributed by atoms with Crippen molar-refractivity contribution >= 4 is 22.6 Å². The van der Waals surface area contributed by atoms with E-state index in [9.17, 15) is 4.79 Å². The molecule has 2 heterocycles. The van der Waals surface area contributed by atoms with Crippen LogP contribution in [-0.4, -0.2) is 16.6 Å². The Hall–Kier alpha value is -0.570. The summed E-state index contributed by atoms with van der Waals surface area (Å²) in [6, 6.07) is 0. The molecule has 52 valence electrons. The lowest BCUT2D eigenvalue weighted by Gasteiger charge is -2.07. The van der Waals surface area contributed by atoms with Crippen LogP contribution in [-0.2, 0) is 4.79 Å². The SMILES string of the molecule is O=C1C=CN=C2SCCC12. The average Bonchev–Trinajstić information content (AvgIpc) is 2.36.